The van der Waals surface area contributed by atoms with Gasteiger partial charge in [-0.25, -0.2) is 4.79 Å². The molecule has 0 saturated carbocycles. The molecule has 1 aliphatic heterocycles. The first-order valence-electron chi connectivity index (χ1n) is 8.27. The third-order valence-corrected chi connectivity index (χ3v) is 4.14. The van der Waals surface area contributed by atoms with Gasteiger partial charge < -0.3 is 19.0 Å². The Balaban J connectivity index is 1.79. The molecular weight excluding hydrogens is 364 g/mol. The van der Waals surface area contributed by atoms with Crippen LogP contribution in [0.5, 0.6) is 0 Å². The van der Waals surface area contributed by atoms with E-state index in [-0.39, 0.29) is 17.7 Å². The number of aliphatic hydroxyl groups is 1. The van der Waals surface area contributed by atoms with Crippen molar-refractivity contribution in [3.05, 3.63) is 83.2 Å². The summed E-state index contributed by atoms with van der Waals surface area (Å²) in [6.07, 6.45) is 4.44. The zero-order chi connectivity index (χ0) is 19.7. The number of furan rings is 2. The number of amides is 1. The average Bonchev–Trinajstić information content (AvgIpc) is 3.44. The van der Waals surface area contributed by atoms with Gasteiger partial charge in [-0.1, -0.05) is 6.07 Å². The average molecular weight is 378 g/mol. The molecule has 0 radical (unpaired) electrons. The number of aromatic carboxylic acids is 1. The van der Waals surface area contributed by atoms with Crippen LogP contribution in [-0.2, 0) is 11.4 Å². The maximum absolute atomic E-state index is 13.0. The molecule has 3 heterocycles. The number of carbonyl (C=O) groups is 2. The predicted octanol–water partition coefficient (Wildman–Crippen LogP) is 2.90. The number of benzene rings is 1. The third-order valence-electron chi connectivity index (χ3n) is 4.14. The van der Waals surface area contributed by atoms with Crippen molar-refractivity contribution in [3.63, 3.8) is 0 Å². The summed E-state index contributed by atoms with van der Waals surface area (Å²) < 4.78 is 10.5. The smallest absolute Gasteiger partial charge is 0.335 e. The van der Waals surface area contributed by atoms with E-state index in [4.69, 9.17) is 13.9 Å². The first kappa shape index (κ1) is 17.5. The van der Waals surface area contributed by atoms with Crippen molar-refractivity contribution < 1.29 is 28.6 Å². The molecule has 2 aromatic heterocycles. The van der Waals surface area contributed by atoms with E-state index in [1.807, 2.05) is 0 Å². The molecule has 0 aliphatic carbocycles. The minimum absolute atomic E-state index is 0.0430. The van der Waals surface area contributed by atoms with Gasteiger partial charge in [0, 0.05) is 5.56 Å². The van der Waals surface area contributed by atoms with Crippen LogP contribution in [0, 0.1) is 0 Å². The lowest BCUT2D eigenvalue weighted by Crippen LogP contribution is -2.21. The Morgan fingerprint density at radius 3 is 2.75 bits per heavy atom. The highest BCUT2D eigenvalue weighted by molar-refractivity contribution is 6.37. The van der Waals surface area contributed by atoms with E-state index in [1.54, 1.807) is 30.3 Å². The fourth-order valence-electron chi connectivity index (χ4n) is 2.80. The van der Waals surface area contributed by atoms with Gasteiger partial charge in [0.15, 0.2) is 0 Å². The number of carbonyl (C=O) groups excluding carboxylic acids is 1. The molecule has 1 aromatic carbocycles. The van der Waals surface area contributed by atoms with Crippen molar-refractivity contribution >= 4 is 29.4 Å². The second-order valence-electron chi connectivity index (χ2n) is 5.95. The van der Waals surface area contributed by atoms with Crippen molar-refractivity contribution in [1.29, 1.82) is 0 Å². The molecule has 3 aromatic rings. The van der Waals surface area contributed by atoms with Crippen LogP contribution in [0.3, 0.4) is 0 Å². The van der Waals surface area contributed by atoms with Crippen molar-refractivity contribution in [2.45, 2.75) is 6.61 Å². The minimum atomic E-state index is -1.10. The number of hydrazone groups is 1. The summed E-state index contributed by atoms with van der Waals surface area (Å²) >= 11 is 0. The van der Waals surface area contributed by atoms with E-state index in [9.17, 15) is 14.7 Å². The topological polar surface area (TPSA) is 116 Å². The standard InChI is InChI=1S/C20H14N2O6/c23-10-16-5-4-15(28-16)9-17-18(13-6-7-27-11-13)21-22(19(17)24)14-3-1-2-12(8-14)20(25)26/h1-9,11,23H,10H2,(H,25,26)/b17-9-. The molecule has 0 unspecified atom stereocenters. The Kier molecular flexibility index (Phi) is 4.38. The largest absolute Gasteiger partial charge is 0.478 e. The van der Waals surface area contributed by atoms with Gasteiger partial charge in [0.25, 0.3) is 5.91 Å². The highest BCUT2D eigenvalue weighted by atomic mass is 16.4. The predicted molar refractivity (Wildman–Crippen MR) is 98.7 cm³/mol. The zero-order valence-corrected chi connectivity index (χ0v) is 14.4. The van der Waals surface area contributed by atoms with Crippen LogP contribution in [0.4, 0.5) is 5.69 Å². The number of hydrogen-bond donors (Lipinski definition) is 2. The zero-order valence-electron chi connectivity index (χ0n) is 14.4. The quantitative estimate of drug-likeness (QED) is 0.660. The molecule has 8 heteroatoms. The molecule has 28 heavy (non-hydrogen) atoms. The third kappa shape index (κ3) is 3.12. The van der Waals surface area contributed by atoms with Gasteiger partial charge in [-0.15, -0.1) is 0 Å². The van der Waals surface area contributed by atoms with Crippen LogP contribution in [0.25, 0.3) is 6.08 Å². The van der Waals surface area contributed by atoms with Gasteiger partial charge in [-0.2, -0.15) is 10.1 Å². The van der Waals surface area contributed by atoms with Gasteiger partial charge in [0.2, 0.25) is 0 Å². The Morgan fingerprint density at radius 1 is 1.21 bits per heavy atom. The first-order valence-corrected chi connectivity index (χ1v) is 8.27. The highest BCUT2D eigenvalue weighted by Gasteiger charge is 2.33. The molecule has 8 nitrogen and oxygen atoms in total. The second-order valence-corrected chi connectivity index (χ2v) is 5.95. The van der Waals surface area contributed by atoms with Crippen LogP contribution in [0.1, 0.15) is 27.4 Å². The maximum Gasteiger partial charge on any atom is 0.335 e. The van der Waals surface area contributed by atoms with Crippen LogP contribution < -0.4 is 5.01 Å². The highest BCUT2D eigenvalue weighted by Crippen LogP contribution is 2.29. The number of anilines is 1. The van der Waals surface area contributed by atoms with E-state index >= 15 is 0 Å². The molecule has 140 valence electrons. The molecular formula is C20H14N2O6. The Labute approximate surface area is 158 Å². The molecule has 1 amide bonds. The number of nitrogens with zero attached hydrogens (tertiary/aromatic N) is 2. The van der Waals surface area contributed by atoms with Crippen molar-refractivity contribution in [2.24, 2.45) is 5.10 Å². The molecule has 1 aliphatic rings. The van der Waals surface area contributed by atoms with E-state index in [2.05, 4.69) is 5.10 Å². The second kappa shape index (κ2) is 7.01. The number of hydrogen-bond acceptors (Lipinski definition) is 6. The van der Waals surface area contributed by atoms with Gasteiger partial charge >= 0.3 is 5.97 Å². The lowest BCUT2D eigenvalue weighted by Gasteiger charge is -2.12. The van der Waals surface area contributed by atoms with Crippen LogP contribution >= 0.6 is 0 Å². The maximum atomic E-state index is 13.0. The summed E-state index contributed by atoms with van der Waals surface area (Å²) in [6.45, 7) is -0.256. The first-order chi connectivity index (χ1) is 13.6. The summed E-state index contributed by atoms with van der Waals surface area (Å²) in [5.41, 5.74) is 1.57. The van der Waals surface area contributed by atoms with Gasteiger partial charge in [-0.3, -0.25) is 4.79 Å². The van der Waals surface area contributed by atoms with Gasteiger partial charge in [0.05, 0.1) is 29.4 Å². The summed E-state index contributed by atoms with van der Waals surface area (Å²) in [5.74, 6) is -0.800. The Bertz CT molecular complexity index is 1110. The molecule has 0 atom stereocenters. The molecule has 0 bridgehead atoms. The molecule has 2 N–H and O–H groups in total. The van der Waals surface area contributed by atoms with E-state index < -0.39 is 11.9 Å². The van der Waals surface area contributed by atoms with Crippen LogP contribution in [0.15, 0.2) is 74.5 Å². The lowest BCUT2D eigenvalue weighted by atomic mass is 10.0. The molecule has 0 spiro atoms. The van der Waals surface area contributed by atoms with Crippen LogP contribution in [0.2, 0.25) is 0 Å². The Morgan fingerprint density at radius 2 is 2.07 bits per heavy atom. The molecule has 4 rings (SSSR count). The SMILES string of the molecule is O=C(O)c1cccc(N2N=C(c3ccoc3)/C(=C/c3ccc(CO)o3)C2=O)c1. The monoisotopic (exact) mass is 378 g/mol. The number of carboxylic acid groups (broad SMARTS) is 1. The molecule has 0 saturated heterocycles. The van der Waals surface area contributed by atoms with Gasteiger partial charge in [-0.05, 0) is 42.5 Å². The Hall–Kier alpha value is -3.91. The molecule has 0 fully saturated rings. The van der Waals surface area contributed by atoms with E-state index in [0.29, 0.717) is 28.5 Å². The van der Waals surface area contributed by atoms with Crippen molar-refractivity contribution in [2.75, 3.05) is 5.01 Å². The number of rotatable bonds is 5. The number of aliphatic hydroxyl groups excluding tert-OH is 1. The summed E-state index contributed by atoms with van der Waals surface area (Å²) in [5, 5.41) is 23.9. The van der Waals surface area contributed by atoms with Crippen molar-refractivity contribution in [3.8, 4) is 0 Å². The summed E-state index contributed by atoms with van der Waals surface area (Å²) in [4.78, 5) is 24.3. The van der Waals surface area contributed by atoms with E-state index in [0.717, 1.165) is 5.01 Å². The van der Waals surface area contributed by atoms with Crippen LogP contribution in [-0.4, -0.2) is 27.8 Å². The minimum Gasteiger partial charge on any atom is -0.478 e. The summed E-state index contributed by atoms with van der Waals surface area (Å²) in [7, 11) is 0. The normalized spacial score (nSPS) is 15.3. The lowest BCUT2D eigenvalue weighted by molar-refractivity contribution is -0.114. The van der Waals surface area contributed by atoms with E-state index in [1.165, 1.54) is 30.7 Å². The number of carboxylic acids is 1. The van der Waals surface area contributed by atoms with Crippen molar-refractivity contribution in [1.82, 2.24) is 0 Å². The van der Waals surface area contributed by atoms with Gasteiger partial charge in [0.1, 0.15) is 23.8 Å². The fourth-order valence-corrected chi connectivity index (χ4v) is 2.80. The fraction of sp³-hybridized carbons (Fsp3) is 0.0500. The summed E-state index contributed by atoms with van der Waals surface area (Å²) in [6, 6.07) is 10.8.